The van der Waals surface area contributed by atoms with E-state index in [1.54, 1.807) is 5.56 Å². The third kappa shape index (κ3) is 3.67. The van der Waals surface area contributed by atoms with Gasteiger partial charge in [0.1, 0.15) is 0 Å². The summed E-state index contributed by atoms with van der Waals surface area (Å²) < 4.78 is 0. The first-order chi connectivity index (χ1) is 9.38. The van der Waals surface area contributed by atoms with Crippen LogP contribution < -0.4 is 0 Å². The predicted molar refractivity (Wildman–Crippen MR) is 92.7 cm³/mol. The number of alkyl halides is 1. The molecule has 1 heteroatoms. The second-order valence-corrected chi connectivity index (χ2v) is 8.35. The van der Waals surface area contributed by atoms with Crippen molar-refractivity contribution >= 4 is 15.9 Å². The summed E-state index contributed by atoms with van der Waals surface area (Å²) in [6.07, 6.45) is 5.38. The molecule has 1 fully saturated rings. The van der Waals surface area contributed by atoms with E-state index in [-0.39, 0.29) is 0 Å². The number of hydrogen-bond acceptors (Lipinski definition) is 0. The molecule has 0 nitrogen and oxygen atoms in total. The Morgan fingerprint density at radius 1 is 1.10 bits per heavy atom. The van der Waals surface area contributed by atoms with Gasteiger partial charge in [0.2, 0.25) is 0 Å². The monoisotopic (exact) mass is 336 g/mol. The van der Waals surface area contributed by atoms with Crippen LogP contribution in [0, 0.1) is 38.5 Å². The maximum absolute atomic E-state index is 3.95. The third-order valence-electron chi connectivity index (χ3n) is 5.18. The third-order valence-corrected chi connectivity index (χ3v) is 6.39. The Bertz CT molecular complexity index is 438. The minimum absolute atomic E-state index is 0.706. The lowest BCUT2D eigenvalue weighted by Gasteiger charge is -2.36. The second-order valence-electron chi connectivity index (χ2n) is 7.17. The predicted octanol–water partition coefficient (Wildman–Crippen LogP) is 5.99. The van der Waals surface area contributed by atoms with E-state index in [1.165, 1.54) is 42.4 Å². The average molecular weight is 337 g/mol. The molecular weight excluding hydrogens is 308 g/mol. The largest absolute Gasteiger partial charge is 0.0888 e. The fraction of sp³-hybridized carbons (Fsp3) is 0.684. The van der Waals surface area contributed by atoms with Crippen LogP contribution in [0.15, 0.2) is 12.1 Å². The van der Waals surface area contributed by atoms with Gasteiger partial charge in [0.25, 0.3) is 0 Å². The quantitative estimate of drug-likeness (QED) is 0.594. The number of rotatable bonds is 3. The molecule has 0 bridgehead atoms. The molecule has 3 atom stereocenters. The Morgan fingerprint density at radius 2 is 1.70 bits per heavy atom. The molecule has 1 aromatic carbocycles. The van der Waals surface area contributed by atoms with Crippen LogP contribution in [0.25, 0.3) is 0 Å². The van der Waals surface area contributed by atoms with Gasteiger partial charge < -0.3 is 0 Å². The van der Waals surface area contributed by atoms with E-state index in [1.807, 2.05) is 0 Å². The first kappa shape index (κ1) is 16.1. The van der Waals surface area contributed by atoms with Crippen LogP contribution in [0.5, 0.6) is 0 Å². The molecule has 2 rings (SSSR count). The Hall–Kier alpha value is -0.300. The highest BCUT2D eigenvalue weighted by atomic mass is 79.9. The van der Waals surface area contributed by atoms with Crippen LogP contribution in [0.3, 0.4) is 0 Å². The van der Waals surface area contributed by atoms with Crippen molar-refractivity contribution in [2.24, 2.45) is 17.8 Å². The van der Waals surface area contributed by atoms with E-state index in [9.17, 15) is 0 Å². The lowest BCUT2D eigenvalue weighted by Crippen LogP contribution is -2.29. The van der Waals surface area contributed by atoms with Crippen LogP contribution in [-0.2, 0) is 6.42 Å². The molecule has 0 amide bonds. The van der Waals surface area contributed by atoms with Crippen molar-refractivity contribution in [3.8, 4) is 0 Å². The van der Waals surface area contributed by atoms with Crippen LogP contribution in [0.4, 0.5) is 0 Å². The summed E-state index contributed by atoms with van der Waals surface area (Å²) in [5.74, 6) is 2.55. The van der Waals surface area contributed by atoms with Crippen molar-refractivity contribution in [1.29, 1.82) is 0 Å². The van der Waals surface area contributed by atoms with Gasteiger partial charge in [0.05, 0.1) is 0 Å². The van der Waals surface area contributed by atoms with Gasteiger partial charge >= 0.3 is 0 Å². The van der Waals surface area contributed by atoms with Gasteiger partial charge in [-0.3, -0.25) is 0 Å². The molecule has 0 spiro atoms. The fourth-order valence-corrected chi connectivity index (χ4v) is 4.54. The highest BCUT2D eigenvalue weighted by molar-refractivity contribution is 9.09. The van der Waals surface area contributed by atoms with Crippen molar-refractivity contribution in [2.45, 2.75) is 65.1 Å². The Morgan fingerprint density at radius 3 is 2.25 bits per heavy atom. The summed E-state index contributed by atoms with van der Waals surface area (Å²) in [6.45, 7) is 11.5. The van der Waals surface area contributed by atoms with Gasteiger partial charge in [-0.1, -0.05) is 47.5 Å². The topological polar surface area (TPSA) is 0 Å². The zero-order valence-corrected chi connectivity index (χ0v) is 15.3. The molecule has 0 N–H and O–H groups in total. The summed E-state index contributed by atoms with van der Waals surface area (Å²) in [5.41, 5.74) is 5.94. The first-order valence-corrected chi connectivity index (χ1v) is 9.00. The van der Waals surface area contributed by atoms with Crippen molar-refractivity contribution in [2.75, 3.05) is 0 Å². The van der Waals surface area contributed by atoms with E-state index in [0.29, 0.717) is 4.83 Å². The summed E-state index contributed by atoms with van der Waals surface area (Å²) in [7, 11) is 0. The average Bonchev–Trinajstić information content (AvgIpc) is 2.35. The lowest BCUT2D eigenvalue weighted by atomic mass is 9.73. The second kappa shape index (κ2) is 6.64. The van der Waals surface area contributed by atoms with Crippen molar-refractivity contribution in [3.63, 3.8) is 0 Å². The SMILES string of the molecule is Cc1cc(C)c(CC2CC(C(C)C)CCC2Br)c(C)c1. The zero-order valence-electron chi connectivity index (χ0n) is 13.7. The highest BCUT2D eigenvalue weighted by Gasteiger charge is 2.30. The molecule has 1 saturated carbocycles. The van der Waals surface area contributed by atoms with Gasteiger partial charge in [-0.2, -0.15) is 0 Å². The smallest absolute Gasteiger partial charge is 0.0177 e. The van der Waals surface area contributed by atoms with E-state index in [2.05, 4.69) is 62.7 Å². The van der Waals surface area contributed by atoms with Crippen molar-refractivity contribution in [3.05, 3.63) is 34.4 Å². The molecule has 20 heavy (non-hydrogen) atoms. The number of aryl methyl sites for hydroxylation is 3. The van der Waals surface area contributed by atoms with E-state index in [0.717, 1.165) is 17.8 Å². The Kier molecular flexibility index (Phi) is 5.34. The highest BCUT2D eigenvalue weighted by Crippen LogP contribution is 2.39. The zero-order chi connectivity index (χ0) is 14.9. The molecule has 1 aromatic rings. The number of benzene rings is 1. The summed E-state index contributed by atoms with van der Waals surface area (Å²) >= 11 is 3.95. The van der Waals surface area contributed by atoms with Crippen LogP contribution in [0.2, 0.25) is 0 Å². The molecule has 3 unspecified atom stereocenters. The van der Waals surface area contributed by atoms with Gasteiger partial charge in [0.15, 0.2) is 0 Å². The normalized spacial score (nSPS) is 27.1. The van der Waals surface area contributed by atoms with Crippen LogP contribution in [-0.4, -0.2) is 4.83 Å². The fourth-order valence-electron chi connectivity index (χ4n) is 3.87. The van der Waals surface area contributed by atoms with Crippen LogP contribution >= 0.6 is 15.9 Å². The molecule has 0 radical (unpaired) electrons. The maximum atomic E-state index is 3.95. The minimum Gasteiger partial charge on any atom is -0.0888 e. The molecule has 1 aliphatic rings. The standard InChI is InChI=1S/C19H29Br/c1-12(2)16-6-7-19(20)17(10-16)11-18-14(4)8-13(3)9-15(18)5/h8-9,12,16-17,19H,6-7,10-11H2,1-5H3. The van der Waals surface area contributed by atoms with Gasteiger partial charge in [0, 0.05) is 4.83 Å². The molecular formula is C19H29Br. The van der Waals surface area contributed by atoms with Crippen molar-refractivity contribution in [1.82, 2.24) is 0 Å². The maximum Gasteiger partial charge on any atom is 0.0177 e. The molecule has 0 heterocycles. The lowest BCUT2D eigenvalue weighted by molar-refractivity contribution is 0.222. The molecule has 1 aliphatic carbocycles. The van der Waals surface area contributed by atoms with Crippen molar-refractivity contribution < 1.29 is 0 Å². The Balaban J connectivity index is 2.16. The number of halogens is 1. The van der Waals surface area contributed by atoms with E-state index in [4.69, 9.17) is 0 Å². The summed E-state index contributed by atoms with van der Waals surface area (Å²) in [6, 6.07) is 4.68. The number of hydrogen-bond donors (Lipinski definition) is 0. The van der Waals surface area contributed by atoms with Gasteiger partial charge in [-0.25, -0.2) is 0 Å². The van der Waals surface area contributed by atoms with Gasteiger partial charge in [-0.15, -0.1) is 0 Å². The van der Waals surface area contributed by atoms with Crippen LogP contribution in [0.1, 0.15) is 55.4 Å². The molecule has 0 saturated heterocycles. The van der Waals surface area contributed by atoms with Gasteiger partial charge in [-0.05, 0) is 80.9 Å². The van der Waals surface area contributed by atoms with E-state index >= 15 is 0 Å². The summed E-state index contributed by atoms with van der Waals surface area (Å²) in [4.78, 5) is 0.706. The summed E-state index contributed by atoms with van der Waals surface area (Å²) in [5, 5.41) is 0. The molecule has 0 aromatic heterocycles. The molecule has 0 aliphatic heterocycles. The minimum atomic E-state index is 0.706. The van der Waals surface area contributed by atoms with E-state index < -0.39 is 0 Å². The molecule has 112 valence electrons. The first-order valence-electron chi connectivity index (χ1n) is 8.09. The Labute approximate surface area is 133 Å².